The van der Waals surface area contributed by atoms with E-state index in [2.05, 4.69) is 10.6 Å². The molecule has 1 saturated carbocycles. The van der Waals surface area contributed by atoms with Gasteiger partial charge in [-0.2, -0.15) is 0 Å². The fourth-order valence-corrected chi connectivity index (χ4v) is 5.39. The first-order chi connectivity index (χ1) is 19.1. The van der Waals surface area contributed by atoms with Crippen LogP contribution < -0.4 is 15.4 Å². The Labute approximate surface area is 239 Å². The number of likely N-dealkylation sites (N-methyl/N-ethyl adjacent to an activating group) is 1. The minimum Gasteiger partial charge on any atom is -0.488 e. The molecular formula is C30H49N5O5. The van der Waals surface area contributed by atoms with E-state index in [0.29, 0.717) is 36.5 Å². The predicted octanol–water partition coefficient (Wildman–Crippen LogP) is 3.09. The van der Waals surface area contributed by atoms with Crippen LogP contribution in [0.3, 0.4) is 0 Å². The smallest absolute Gasteiger partial charge is 0.317 e. The van der Waals surface area contributed by atoms with Crippen LogP contribution in [-0.4, -0.2) is 103 Å². The Kier molecular flexibility index (Phi) is 12.1. The van der Waals surface area contributed by atoms with Crippen LogP contribution in [-0.2, 0) is 16.0 Å². The normalized spacial score (nSPS) is 21.0. The Balaban J connectivity index is 1.79. The van der Waals surface area contributed by atoms with Crippen molar-refractivity contribution in [3.8, 4) is 5.75 Å². The summed E-state index contributed by atoms with van der Waals surface area (Å²) in [6, 6.07) is 5.12. The summed E-state index contributed by atoms with van der Waals surface area (Å²) >= 11 is 0. The van der Waals surface area contributed by atoms with E-state index in [1.807, 2.05) is 32.8 Å². The van der Waals surface area contributed by atoms with E-state index < -0.39 is 0 Å². The van der Waals surface area contributed by atoms with Crippen molar-refractivity contribution < 1.29 is 24.2 Å². The highest BCUT2D eigenvalue weighted by Crippen LogP contribution is 2.29. The van der Waals surface area contributed by atoms with Gasteiger partial charge < -0.3 is 35.2 Å². The maximum Gasteiger partial charge on any atom is 0.317 e. The fourth-order valence-electron chi connectivity index (χ4n) is 5.39. The van der Waals surface area contributed by atoms with Gasteiger partial charge in [0.05, 0.1) is 25.6 Å². The topological polar surface area (TPSA) is 114 Å². The molecule has 3 rings (SSSR count). The number of carbonyl (C=O) groups is 3. The third-order valence-corrected chi connectivity index (χ3v) is 7.94. The largest absolute Gasteiger partial charge is 0.488 e. The van der Waals surface area contributed by atoms with E-state index in [0.717, 1.165) is 38.6 Å². The number of ether oxygens (including phenoxy) is 1. The van der Waals surface area contributed by atoms with Crippen LogP contribution in [0.4, 0.5) is 10.5 Å². The highest BCUT2D eigenvalue weighted by molar-refractivity contribution is 5.91. The van der Waals surface area contributed by atoms with Crippen LogP contribution in [0.25, 0.3) is 0 Å². The molecule has 0 bridgehead atoms. The summed E-state index contributed by atoms with van der Waals surface area (Å²) in [6.07, 6.45) is 6.37. The van der Waals surface area contributed by atoms with Crippen molar-refractivity contribution >= 4 is 23.5 Å². The van der Waals surface area contributed by atoms with Crippen LogP contribution in [0, 0.1) is 5.92 Å². The van der Waals surface area contributed by atoms with Crippen molar-refractivity contribution in [2.75, 3.05) is 52.7 Å². The minimum absolute atomic E-state index is 0.0789. The average Bonchev–Trinajstić information content (AvgIpc) is 2.96. The van der Waals surface area contributed by atoms with Crippen molar-refractivity contribution in [2.24, 2.45) is 5.92 Å². The number of fused-ring (bicyclic) bond motifs is 1. The van der Waals surface area contributed by atoms with Gasteiger partial charge in [-0.05, 0) is 65.0 Å². The summed E-state index contributed by atoms with van der Waals surface area (Å²) in [5.74, 6) is 0.266. The molecule has 10 nitrogen and oxygen atoms in total. The first kappa shape index (κ1) is 31.7. The van der Waals surface area contributed by atoms with Crippen LogP contribution in [0.15, 0.2) is 18.2 Å². The lowest BCUT2D eigenvalue weighted by molar-refractivity contribution is -0.134. The molecular weight excluding hydrogens is 510 g/mol. The van der Waals surface area contributed by atoms with Gasteiger partial charge in [0, 0.05) is 43.2 Å². The molecule has 1 aromatic rings. The summed E-state index contributed by atoms with van der Waals surface area (Å²) in [6.45, 7) is 5.25. The highest BCUT2D eigenvalue weighted by atomic mass is 16.5. The van der Waals surface area contributed by atoms with Gasteiger partial charge in [-0.15, -0.1) is 0 Å². The number of nitrogens with zero attached hydrogens (tertiary/aromatic N) is 3. The molecule has 1 aromatic carbocycles. The van der Waals surface area contributed by atoms with E-state index in [1.165, 1.54) is 6.42 Å². The lowest BCUT2D eigenvalue weighted by Gasteiger charge is -2.34. The maximum absolute atomic E-state index is 13.4. The first-order valence-corrected chi connectivity index (χ1v) is 14.7. The summed E-state index contributed by atoms with van der Waals surface area (Å²) in [5, 5.41) is 16.0. The number of urea groups is 1. The predicted molar refractivity (Wildman–Crippen MR) is 156 cm³/mol. The molecule has 3 N–H and O–H groups in total. The second kappa shape index (κ2) is 15.2. The van der Waals surface area contributed by atoms with Crippen molar-refractivity contribution in [2.45, 2.75) is 83.4 Å². The standard InChI is InChI=1S/C30H49N5O5/c1-21-18-35(22(2)20-36)29(38)17-23-16-25(31-28(37)12-9-15-33(3)4)13-14-26(23)40-27(21)19-34(5)30(39)32-24-10-7-6-8-11-24/h13-14,16,21-22,24,27,36H,6-12,15,17-20H2,1-5H3,(H,31,37)(H,32,39)/t21-,22+,27-/m0/s1. The molecule has 1 aliphatic heterocycles. The number of aliphatic hydroxyl groups is 1. The van der Waals surface area contributed by atoms with Gasteiger partial charge in [-0.1, -0.05) is 26.2 Å². The van der Waals surface area contributed by atoms with Gasteiger partial charge in [-0.3, -0.25) is 9.59 Å². The van der Waals surface area contributed by atoms with Crippen molar-refractivity contribution in [1.82, 2.24) is 20.0 Å². The SMILES string of the molecule is C[C@H](CO)N1C[C@H](C)[C@H](CN(C)C(=O)NC2CCCCC2)Oc2ccc(NC(=O)CCCN(C)C)cc2CC1=O. The van der Waals surface area contributed by atoms with E-state index in [4.69, 9.17) is 4.74 Å². The Morgan fingerprint density at radius 3 is 2.58 bits per heavy atom. The third-order valence-electron chi connectivity index (χ3n) is 7.94. The van der Waals surface area contributed by atoms with E-state index >= 15 is 0 Å². The molecule has 1 fully saturated rings. The first-order valence-electron chi connectivity index (χ1n) is 14.7. The van der Waals surface area contributed by atoms with Crippen molar-refractivity contribution in [3.05, 3.63) is 23.8 Å². The molecule has 0 spiro atoms. The number of amides is 4. The number of carbonyl (C=O) groups excluding carboxylic acids is 3. The van der Waals surface area contributed by atoms with E-state index in [1.54, 1.807) is 35.0 Å². The number of anilines is 1. The van der Waals surface area contributed by atoms with Gasteiger partial charge in [0.2, 0.25) is 11.8 Å². The average molecular weight is 560 g/mol. The lowest BCUT2D eigenvalue weighted by atomic mass is 9.96. The maximum atomic E-state index is 13.4. The van der Waals surface area contributed by atoms with Gasteiger partial charge in [0.25, 0.3) is 0 Å². The zero-order valence-corrected chi connectivity index (χ0v) is 24.9. The summed E-state index contributed by atoms with van der Waals surface area (Å²) in [4.78, 5) is 44.3. The molecule has 1 aliphatic carbocycles. The number of hydrogen-bond acceptors (Lipinski definition) is 6. The molecule has 224 valence electrons. The van der Waals surface area contributed by atoms with Crippen molar-refractivity contribution in [3.63, 3.8) is 0 Å². The zero-order valence-electron chi connectivity index (χ0n) is 24.9. The van der Waals surface area contributed by atoms with Crippen LogP contribution in [0.1, 0.15) is 64.4 Å². The number of benzene rings is 1. The summed E-state index contributed by atoms with van der Waals surface area (Å²) < 4.78 is 6.52. The molecule has 2 aliphatic rings. The molecule has 0 saturated heterocycles. The van der Waals surface area contributed by atoms with Gasteiger partial charge in [0.15, 0.2) is 0 Å². The molecule has 0 aromatic heterocycles. The van der Waals surface area contributed by atoms with Gasteiger partial charge >= 0.3 is 6.03 Å². The minimum atomic E-state index is -0.383. The number of aliphatic hydroxyl groups excluding tert-OH is 1. The molecule has 0 radical (unpaired) electrons. The molecule has 3 atom stereocenters. The number of rotatable bonds is 10. The summed E-state index contributed by atoms with van der Waals surface area (Å²) in [5.41, 5.74) is 1.28. The van der Waals surface area contributed by atoms with E-state index in [9.17, 15) is 19.5 Å². The molecule has 0 unspecified atom stereocenters. The summed E-state index contributed by atoms with van der Waals surface area (Å²) in [7, 11) is 5.72. The second-order valence-electron chi connectivity index (χ2n) is 11.8. The van der Waals surface area contributed by atoms with Crippen LogP contribution in [0.2, 0.25) is 0 Å². The van der Waals surface area contributed by atoms with Crippen LogP contribution >= 0.6 is 0 Å². The monoisotopic (exact) mass is 559 g/mol. The van der Waals surface area contributed by atoms with Crippen molar-refractivity contribution in [1.29, 1.82) is 0 Å². The lowest BCUT2D eigenvalue weighted by Crippen LogP contribution is -2.50. The Morgan fingerprint density at radius 1 is 1.18 bits per heavy atom. The van der Waals surface area contributed by atoms with Gasteiger partial charge in [0.1, 0.15) is 11.9 Å². The molecule has 4 amide bonds. The Bertz CT molecular complexity index is 997. The van der Waals surface area contributed by atoms with Gasteiger partial charge in [-0.25, -0.2) is 4.79 Å². The number of hydrogen-bond donors (Lipinski definition) is 3. The van der Waals surface area contributed by atoms with Crippen LogP contribution in [0.5, 0.6) is 5.75 Å². The number of nitrogens with one attached hydrogen (secondary N) is 2. The quantitative estimate of drug-likeness (QED) is 0.406. The second-order valence-corrected chi connectivity index (χ2v) is 11.8. The van der Waals surface area contributed by atoms with E-state index in [-0.39, 0.29) is 55.0 Å². The molecule has 10 heteroatoms. The molecule has 40 heavy (non-hydrogen) atoms. The third kappa shape index (κ3) is 9.37. The Hall–Kier alpha value is -2.85. The Morgan fingerprint density at radius 2 is 1.90 bits per heavy atom. The highest BCUT2D eigenvalue weighted by Gasteiger charge is 2.32. The zero-order chi connectivity index (χ0) is 29.2. The molecule has 1 heterocycles. The fraction of sp³-hybridized carbons (Fsp3) is 0.700.